The van der Waals surface area contributed by atoms with Gasteiger partial charge in [-0.3, -0.25) is 4.79 Å². The second-order valence-corrected chi connectivity index (χ2v) is 8.43. The lowest BCUT2D eigenvalue weighted by Crippen LogP contribution is -2.40. The van der Waals surface area contributed by atoms with E-state index in [1.807, 2.05) is 53.4 Å². The number of amides is 1. The minimum absolute atomic E-state index is 0.202. The third kappa shape index (κ3) is 5.20. The van der Waals surface area contributed by atoms with Crippen LogP contribution in [0.4, 0.5) is 11.4 Å². The van der Waals surface area contributed by atoms with Crippen LogP contribution in [-0.2, 0) is 11.2 Å². The number of nitrogens with zero attached hydrogens (tertiary/aromatic N) is 2. The van der Waals surface area contributed by atoms with E-state index >= 15 is 0 Å². The quantitative estimate of drug-likeness (QED) is 0.691. The molecule has 1 fully saturated rings. The van der Waals surface area contributed by atoms with Crippen LogP contribution in [-0.4, -0.2) is 36.5 Å². The summed E-state index contributed by atoms with van der Waals surface area (Å²) in [6.07, 6.45) is 2.53. The molecule has 28 heavy (non-hydrogen) atoms. The van der Waals surface area contributed by atoms with E-state index < -0.39 is 0 Å². The number of anilines is 2. The molecule has 1 saturated heterocycles. The fraction of sp³-hybridized carbons (Fsp3) is 0.435. The van der Waals surface area contributed by atoms with Crippen LogP contribution < -0.4 is 10.6 Å². The number of carbonyl (C=O) groups is 1. The average Bonchev–Trinajstić information content (AvgIpc) is 3.15. The normalized spacial score (nSPS) is 16.6. The van der Waals surface area contributed by atoms with E-state index in [0.29, 0.717) is 29.1 Å². The molecular weight excluding hydrogens is 370 g/mol. The lowest BCUT2D eigenvalue weighted by Gasteiger charge is -2.32. The van der Waals surface area contributed by atoms with Crippen molar-refractivity contribution >= 4 is 28.9 Å². The van der Waals surface area contributed by atoms with Crippen LogP contribution in [0, 0.1) is 5.92 Å². The number of hydrogen-bond acceptors (Lipinski definition) is 3. The Bertz CT molecular complexity index is 794. The molecule has 0 spiro atoms. The summed E-state index contributed by atoms with van der Waals surface area (Å²) in [5.74, 6) is 0.817. The van der Waals surface area contributed by atoms with Crippen molar-refractivity contribution in [3.63, 3.8) is 0 Å². The van der Waals surface area contributed by atoms with Gasteiger partial charge in [0.2, 0.25) is 5.91 Å². The molecule has 0 radical (unpaired) electrons. The fourth-order valence-corrected chi connectivity index (χ4v) is 3.89. The number of nitrogens with two attached hydrogens (primary N) is 1. The van der Waals surface area contributed by atoms with Crippen molar-refractivity contribution in [1.29, 1.82) is 0 Å². The van der Waals surface area contributed by atoms with Gasteiger partial charge in [0, 0.05) is 31.4 Å². The zero-order valence-electron chi connectivity index (χ0n) is 16.8. The summed E-state index contributed by atoms with van der Waals surface area (Å²) in [6.45, 7) is 6.98. The maximum Gasteiger partial charge on any atom is 0.227 e. The summed E-state index contributed by atoms with van der Waals surface area (Å²) in [6, 6.07) is 16.1. The average molecular weight is 400 g/mol. The van der Waals surface area contributed by atoms with Crippen molar-refractivity contribution in [2.24, 2.45) is 5.92 Å². The molecule has 1 amide bonds. The highest BCUT2D eigenvalue weighted by atomic mass is 35.5. The summed E-state index contributed by atoms with van der Waals surface area (Å²) < 4.78 is 0. The Labute approximate surface area is 173 Å². The van der Waals surface area contributed by atoms with Crippen molar-refractivity contribution in [3.05, 3.63) is 59.1 Å². The van der Waals surface area contributed by atoms with Gasteiger partial charge in [0.1, 0.15) is 0 Å². The van der Waals surface area contributed by atoms with E-state index in [1.54, 1.807) is 0 Å². The molecular formula is C23H30ClN3O. The van der Waals surface area contributed by atoms with Gasteiger partial charge in [-0.15, -0.1) is 0 Å². The molecule has 3 rings (SSSR count). The fourth-order valence-electron chi connectivity index (χ4n) is 3.72. The molecule has 1 unspecified atom stereocenters. The van der Waals surface area contributed by atoms with Gasteiger partial charge in [-0.2, -0.15) is 0 Å². The van der Waals surface area contributed by atoms with Crippen LogP contribution >= 0.6 is 11.6 Å². The molecule has 0 aliphatic carbocycles. The van der Waals surface area contributed by atoms with Crippen LogP contribution in [0.25, 0.3) is 0 Å². The first-order valence-electron chi connectivity index (χ1n) is 10.1. The van der Waals surface area contributed by atoms with Crippen LogP contribution in [0.2, 0.25) is 5.02 Å². The Kier molecular flexibility index (Phi) is 6.84. The largest absolute Gasteiger partial charge is 0.398 e. The topological polar surface area (TPSA) is 49.6 Å². The molecule has 1 aliphatic rings. The molecule has 150 valence electrons. The molecule has 5 heteroatoms. The molecule has 2 N–H and O–H groups in total. The van der Waals surface area contributed by atoms with Gasteiger partial charge in [-0.25, -0.2) is 0 Å². The number of likely N-dealkylation sites (tertiary alicyclic amines) is 1. The van der Waals surface area contributed by atoms with Crippen LogP contribution in [0.15, 0.2) is 48.5 Å². The Morgan fingerprint density at radius 1 is 1.25 bits per heavy atom. The zero-order chi connectivity index (χ0) is 20.1. The van der Waals surface area contributed by atoms with E-state index in [1.165, 1.54) is 0 Å². The molecule has 1 atom stereocenters. The van der Waals surface area contributed by atoms with Crippen LogP contribution in [0.1, 0.15) is 32.3 Å². The van der Waals surface area contributed by atoms with E-state index in [4.69, 9.17) is 17.3 Å². The van der Waals surface area contributed by atoms with E-state index in [0.717, 1.165) is 43.7 Å². The standard InChI is InChI=1S/C23H30ClN3O/c1-17(2)10-13-27(19-8-9-22(25)21(24)15-19)20-11-12-26(16-20)23(28)14-18-6-4-3-5-7-18/h3-9,15,17,20H,10-14,16,25H2,1-2H3. The SMILES string of the molecule is CC(C)CCN(c1ccc(N)c(Cl)c1)C1CCN(C(=O)Cc2ccccc2)C1. The van der Waals surface area contributed by atoms with E-state index in [-0.39, 0.29) is 5.91 Å². The van der Waals surface area contributed by atoms with Crippen LogP contribution in [0.3, 0.4) is 0 Å². The predicted molar refractivity (Wildman–Crippen MR) is 118 cm³/mol. The van der Waals surface area contributed by atoms with Crippen LogP contribution in [0.5, 0.6) is 0 Å². The first-order chi connectivity index (χ1) is 13.4. The summed E-state index contributed by atoms with van der Waals surface area (Å²) in [5.41, 5.74) is 8.65. The molecule has 0 bridgehead atoms. The molecule has 4 nitrogen and oxygen atoms in total. The number of halogens is 1. The lowest BCUT2D eigenvalue weighted by atomic mass is 10.1. The second kappa shape index (κ2) is 9.33. The Morgan fingerprint density at radius 3 is 2.68 bits per heavy atom. The number of rotatable bonds is 7. The number of benzene rings is 2. The van der Waals surface area contributed by atoms with Gasteiger partial charge in [-0.05, 0) is 42.5 Å². The smallest absolute Gasteiger partial charge is 0.227 e. The minimum atomic E-state index is 0.202. The highest BCUT2D eigenvalue weighted by Crippen LogP contribution is 2.29. The third-order valence-electron chi connectivity index (χ3n) is 5.42. The Balaban J connectivity index is 1.70. The summed E-state index contributed by atoms with van der Waals surface area (Å²) in [5, 5.41) is 0.585. The minimum Gasteiger partial charge on any atom is -0.398 e. The van der Waals surface area contributed by atoms with Gasteiger partial charge < -0.3 is 15.5 Å². The van der Waals surface area contributed by atoms with E-state index in [2.05, 4.69) is 18.7 Å². The summed E-state index contributed by atoms with van der Waals surface area (Å²) in [7, 11) is 0. The molecule has 0 saturated carbocycles. The van der Waals surface area contributed by atoms with Crippen molar-refractivity contribution in [2.75, 3.05) is 30.3 Å². The maximum atomic E-state index is 12.8. The van der Waals surface area contributed by atoms with Crippen molar-refractivity contribution in [1.82, 2.24) is 4.90 Å². The molecule has 1 aliphatic heterocycles. The third-order valence-corrected chi connectivity index (χ3v) is 5.75. The summed E-state index contributed by atoms with van der Waals surface area (Å²) >= 11 is 6.28. The van der Waals surface area contributed by atoms with Gasteiger partial charge in [0.05, 0.1) is 17.1 Å². The van der Waals surface area contributed by atoms with Gasteiger partial charge in [0.15, 0.2) is 0 Å². The van der Waals surface area contributed by atoms with Crippen molar-refractivity contribution < 1.29 is 4.79 Å². The first-order valence-corrected chi connectivity index (χ1v) is 10.4. The number of nitrogen functional groups attached to an aromatic ring is 1. The monoisotopic (exact) mass is 399 g/mol. The second-order valence-electron chi connectivity index (χ2n) is 8.03. The Morgan fingerprint density at radius 2 is 2.00 bits per heavy atom. The summed E-state index contributed by atoms with van der Waals surface area (Å²) in [4.78, 5) is 17.2. The number of hydrogen-bond donors (Lipinski definition) is 1. The highest BCUT2D eigenvalue weighted by Gasteiger charge is 2.30. The highest BCUT2D eigenvalue weighted by molar-refractivity contribution is 6.33. The number of carbonyl (C=O) groups excluding carboxylic acids is 1. The molecule has 2 aromatic rings. The first kappa shape index (κ1) is 20.5. The van der Waals surface area contributed by atoms with Gasteiger partial charge in [0.25, 0.3) is 0 Å². The zero-order valence-corrected chi connectivity index (χ0v) is 17.5. The van der Waals surface area contributed by atoms with Gasteiger partial charge >= 0.3 is 0 Å². The van der Waals surface area contributed by atoms with E-state index in [9.17, 15) is 4.79 Å². The predicted octanol–water partition coefficient (Wildman–Crippen LogP) is 4.62. The van der Waals surface area contributed by atoms with Gasteiger partial charge in [-0.1, -0.05) is 55.8 Å². The Hall–Kier alpha value is -2.20. The van der Waals surface area contributed by atoms with Crippen molar-refractivity contribution in [3.8, 4) is 0 Å². The maximum absolute atomic E-state index is 12.8. The molecule has 2 aromatic carbocycles. The molecule has 1 heterocycles. The van der Waals surface area contributed by atoms with Crippen molar-refractivity contribution in [2.45, 2.75) is 39.2 Å². The molecule has 0 aromatic heterocycles. The lowest BCUT2D eigenvalue weighted by molar-refractivity contribution is -0.129.